The lowest BCUT2D eigenvalue weighted by Crippen LogP contribution is -2.25. The number of hydrogen-bond acceptors (Lipinski definition) is 2. The van der Waals surface area contributed by atoms with Gasteiger partial charge >= 0.3 is 0 Å². The van der Waals surface area contributed by atoms with E-state index in [0.717, 1.165) is 10.0 Å². The molecule has 2 aromatic rings. The fourth-order valence-electron chi connectivity index (χ4n) is 1.46. The minimum absolute atomic E-state index is 0.264. The van der Waals surface area contributed by atoms with Crippen molar-refractivity contribution < 1.29 is 4.79 Å². The number of rotatable bonds is 3. The van der Waals surface area contributed by atoms with Crippen LogP contribution >= 0.6 is 15.9 Å². The molecule has 0 aliphatic carbocycles. The number of pyridine rings is 1. The molecule has 0 unspecified atom stereocenters. The molecule has 0 atom stereocenters. The number of carbonyl (C=O) groups is 1. The smallest absolute Gasteiger partial charge is 0.268 e. The summed E-state index contributed by atoms with van der Waals surface area (Å²) in [7, 11) is 0. The largest absolute Gasteiger partial charge is 0.347 e. The van der Waals surface area contributed by atoms with Crippen molar-refractivity contribution in [2.45, 2.75) is 6.54 Å². The van der Waals surface area contributed by atoms with Crippen molar-refractivity contribution in [1.29, 1.82) is 0 Å². The van der Waals surface area contributed by atoms with E-state index in [9.17, 15) is 9.59 Å². The van der Waals surface area contributed by atoms with Gasteiger partial charge in [0.05, 0.1) is 0 Å². The maximum Gasteiger partial charge on any atom is 0.268 e. The molecule has 0 aliphatic heterocycles. The van der Waals surface area contributed by atoms with E-state index in [1.54, 1.807) is 12.1 Å². The highest BCUT2D eigenvalue weighted by Crippen LogP contribution is 2.10. The molecule has 5 heteroatoms. The molecular formula is C13H11BrN2O2. The highest BCUT2D eigenvalue weighted by molar-refractivity contribution is 9.10. The van der Waals surface area contributed by atoms with Gasteiger partial charge < -0.3 is 10.3 Å². The van der Waals surface area contributed by atoms with Crippen molar-refractivity contribution in [3.8, 4) is 0 Å². The second-order valence-electron chi connectivity index (χ2n) is 3.74. The molecule has 2 rings (SSSR count). The SMILES string of the molecule is O=C(NCc1ccc(Br)cc1)c1cccc(=O)[nH]1. The Hall–Kier alpha value is -1.88. The lowest BCUT2D eigenvalue weighted by Gasteiger charge is -2.05. The zero-order valence-electron chi connectivity index (χ0n) is 9.44. The average molecular weight is 307 g/mol. The minimum atomic E-state index is -0.296. The summed E-state index contributed by atoms with van der Waals surface area (Å²) in [6.07, 6.45) is 0. The first-order chi connectivity index (χ1) is 8.65. The molecule has 2 N–H and O–H groups in total. The summed E-state index contributed by atoms with van der Waals surface area (Å²) in [4.78, 5) is 25.3. The van der Waals surface area contributed by atoms with Gasteiger partial charge in [-0.2, -0.15) is 0 Å². The molecule has 4 nitrogen and oxygen atoms in total. The Morgan fingerprint density at radius 1 is 1.17 bits per heavy atom. The summed E-state index contributed by atoms with van der Waals surface area (Å²) >= 11 is 3.34. The van der Waals surface area contributed by atoms with E-state index in [2.05, 4.69) is 26.2 Å². The molecular weight excluding hydrogens is 296 g/mol. The molecule has 18 heavy (non-hydrogen) atoms. The average Bonchev–Trinajstić information content (AvgIpc) is 2.38. The van der Waals surface area contributed by atoms with Crippen molar-refractivity contribution in [2.24, 2.45) is 0 Å². The molecule has 0 spiro atoms. The van der Waals surface area contributed by atoms with Crippen LogP contribution in [-0.2, 0) is 6.54 Å². The van der Waals surface area contributed by atoms with E-state index in [1.807, 2.05) is 24.3 Å². The number of aromatic nitrogens is 1. The Balaban J connectivity index is 2.00. The van der Waals surface area contributed by atoms with Gasteiger partial charge in [-0.1, -0.05) is 34.1 Å². The Morgan fingerprint density at radius 2 is 1.89 bits per heavy atom. The van der Waals surface area contributed by atoms with Crippen LogP contribution in [0.3, 0.4) is 0 Å². The van der Waals surface area contributed by atoms with E-state index in [4.69, 9.17) is 0 Å². The number of halogens is 1. The van der Waals surface area contributed by atoms with E-state index in [0.29, 0.717) is 6.54 Å². The maximum atomic E-state index is 11.7. The Morgan fingerprint density at radius 3 is 2.56 bits per heavy atom. The number of aromatic amines is 1. The number of hydrogen-bond donors (Lipinski definition) is 2. The third kappa shape index (κ3) is 3.30. The monoisotopic (exact) mass is 306 g/mol. The zero-order valence-corrected chi connectivity index (χ0v) is 11.0. The van der Waals surface area contributed by atoms with Gasteiger partial charge in [-0.05, 0) is 23.8 Å². The third-order valence-corrected chi connectivity index (χ3v) is 2.91. The summed E-state index contributed by atoms with van der Waals surface area (Å²) in [5.74, 6) is -0.296. The maximum absolute atomic E-state index is 11.7. The highest BCUT2D eigenvalue weighted by Gasteiger charge is 2.05. The van der Waals surface area contributed by atoms with E-state index >= 15 is 0 Å². The third-order valence-electron chi connectivity index (χ3n) is 2.38. The summed E-state index contributed by atoms with van der Waals surface area (Å²) in [6, 6.07) is 12.1. The summed E-state index contributed by atoms with van der Waals surface area (Å²) in [5, 5.41) is 2.74. The number of H-pyrrole nitrogens is 1. The van der Waals surface area contributed by atoms with Crippen LogP contribution in [0.2, 0.25) is 0 Å². The topological polar surface area (TPSA) is 62.0 Å². The van der Waals surface area contributed by atoms with E-state index < -0.39 is 0 Å². The predicted octanol–water partition coefficient (Wildman–Crippen LogP) is 2.07. The van der Waals surface area contributed by atoms with Crippen LogP contribution in [0.5, 0.6) is 0 Å². The second-order valence-corrected chi connectivity index (χ2v) is 4.65. The van der Waals surface area contributed by atoms with Gasteiger partial charge in [0.15, 0.2) is 0 Å². The van der Waals surface area contributed by atoms with E-state index in [-0.39, 0.29) is 17.2 Å². The number of carbonyl (C=O) groups excluding carboxylic acids is 1. The summed E-state index contributed by atoms with van der Waals surface area (Å²) in [6.45, 7) is 0.420. The van der Waals surface area contributed by atoms with Gasteiger partial charge in [-0.25, -0.2) is 0 Å². The van der Waals surface area contributed by atoms with Crippen LogP contribution in [-0.4, -0.2) is 10.9 Å². The fraction of sp³-hybridized carbons (Fsp3) is 0.0769. The quantitative estimate of drug-likeness (QED) is 0.912. The first kappa shape index (κ1) is 12.6. The van der Waals surface area contributed by atoms with Crippen LogP contribution in [0, 0.1) is 0 Å². The number of amides is 1. The van der Waals surface area contributed by atoms with Crippen molar-refractivity contribution >= 4 is 21.8 Å². The number of nitrogens with one attached hydrogen (secondary N) is 2. The molecule has 0 radical (unpaired) electrons. The standard InChI is InChI=1S/C13H11BrN2O2/c14-10-6-4-9(5-7-10)8-15-13(18)11-2-1-3-12(17)16-11/h1-7H,8H2,(H,15,18)(H,16,17). The molecule has 1 amide bonds. The van der Waals surface area contributed by atoms with Gasteiger partial charge in [0, 0.05) is 17.1 Å². The van der Waals surface area contributed by atoms with Gasteiger partial charge in [-0.3, -0.25) is 9.59 Å². The van der Waals surface area contributed by atoms with E-state index in [1.165, 1.54) is 6.07 Å². The lowest BCUT2D eigenvalue weighted by atomic mass is 10.2. The minimum Gasteiger partial charge on any atom is -0.347 e. The van der Waals surface area contributed by atoms with Crippen molar-refractivity contribution in [1.82, 2.24) is 10.3 Å². The molecule has 0 aliphatic rings. The first-order valence-electron chi connectivity index (χ1n) is 5.37. The Labute approximate surface area is 112 Å². The van der Waals surface area contributed by atoms with Crippen molar-refractivity contribution in [3.63, 3.8) is 0 Å². The molecule has 1 aromatic carbocycles. The first-order valence-corrected chi connectivity index (χ1v) is 6.16. The molecule has 0 saturated heterocycles. The van der Waals surface area contributed by atoms with Gasteiger partial charge in [0.25, 0.3) is 5.91 Å². The molecule has 92 valence electrons. The lowest BCUT2D eigenvalue weighted by molar-refractivity contribution is 0.0945. The Bertz CT molecular complexity index is 605. The number of benzene rings is 1. The van der Waals surface area contributed by atoms with Crippen LogP contribution in [0.25, 0.3) is 0 Å². The zero-order chi connectivity index (χ0) is 13.0. The van der Waals surface area contributed by atoms with Crippen LogP contribution in [0.15, 0.2) is 51.7 Å². The normalized spacial score (nSPS) is 10.1. The second kappa shape index (κ2) is 5.64. The summed E-state index contributed by atoms with van der Waals surface area (Å²) in [5.41, 5.74) is 0.968. The van der Waals surface area contributed by atoms with Crippen LogP contribution < -0.4 is 10.9 Å². The Kier molecular flexibility index (Phi) is 3.94. The molecule has 0 bridgehead atoms. The van der Waals surface area contributed by atoms with Gasteiger partial charge in [-0.15, -0.1) is 0 Å². The van der Waals surface area contributed by atoms with Crippen molar-refractivity contribution in [2.75, 3.05) is 0 Å². The fourth-order valence-corrected chi connectivity index (χ4v) is 1.72. The molecule has 0 saturated carbocycles. The van der Waals surface area contributed by atoms with Gasteiger partial charge in [0.2, 0.25) is 5.56 Å². The van der Waals surface area contributed by atoms with Crippen LogP contribution in [0.1, 0.15) is 16.1 Å². The summed E-state index contributed by atoms with van der Waals surface area (Å²) < 4.78 is 0.991. The predicted molar refractivity (Wildman–Crippen MR) is 72.4 cm³/mol. The van der Waals surface area contributed by atoms with Crippen LogP contribution in [0.4, 0.5) is 0 Å². The van der Waals surface area contributed by atoms with Gasteiger partial charge in [0.1, 0.15) is 5.69 Å². The van der Waals surface area contributed by atoms with Crippen molar-refractivity contribution in [3.05, 3.63) is 68.5 Å². The highest BCUT2D eigenvalue weighted by atomic mass is 79.9. The molecule has 1 aromatic heterocycles. The molecule has 0 fully saturated rings. The molecule has 1 heterocycles.